The molecule has 10 heteroatoms. The first kappa shape index (κ1) is 22.8. The first-order valence-electron chi connectivity index (χ1n) is 10.2. The second-order valence-corrected chi connectivity index (χ2v) is 7.30. The highest BCUT2D eigenvalue weighted by atomic mass is 16.7. The number of imide groups is 1. The lowest BCUT2D eigenvalue weighted by molar-refractivity contribution is -0.197. The van der Waals surface area contributed by atoms with Gasteiger partial charge in [-0.2, -0.15) is 0 Å². The Hall–Kier alpha value is -2.49. The number of nitrogens with one attached hydrogen (secondary N) is 2. The van der Waals surface area contributed by atoms with Crippen LogP contribution in [-0.2, 0) is 28.8 Å². The standard InChI is InChI=1S/C19H30N4O6/c1-2-4-14-5-3-12-22(14)13-16(25)21-10-8-15(24)20-11-9-19(28)29-23-17(26)6-7-18(23)27/h14H,2-13H2,1H3,(H,20,24)(H,21,25)/i1+1,2+1,3+1,4+1,5+1,12+1,13+1,14+1,22+1. The van der Waals surface area contributed by atoms with Crippen molar-refractivity contribution in [3.05, 3.63) is 0 Å². The quantitative estimate of drug-likeness (QED) is 0.272. The van der Waals surface area contributed by atoms with Crippen LogP contribution in [0.3, 0.4) is 0 Å². The Labute approximate surface area is 170 Å². The fourth-order valence-electron chi connectivity index (χ4n) is 3.52. The SMILES string of the molecule is [13CH3][13CH2][13CH2][13CH]1[13CH2][13CH2][13CH2][15N]1[13CH2]C(=O)NCCC(=O)NCCC(=O)ON1C(=O)CCC1=O. The van der Waals surface area contributed by atoms with Gasteiger partial charge in [0.15, 0.2) is 0 Å². The van der Waals surface area contributed by atoms with Crippen molar-refractivity contribution in [2.75, 3.05) is 26.2 Å². The normalized spacial score (nSPS) is 19.5. The molecule has 10 nitrogen and oxygen atoms in total. The summed E-state index contributed by atoms with van der Waals surface area (Å²) in [7, 11) is 0. The molecule has 0 radical (unpaired) electrons. The number of hydrogen-bond acceptors (Lipinski definition) is 7. The average Bonchev–Trinajstić information content (AvgIpc) is 3.23. The van der Waals surface area contributed by atoms with Crippen molar-refractivity contribution in [2.45, 2.75) is 64.3 Å². The van der Waals surface area contributed by atoms with E-state index in [1.807, 2.05) is 0 Å². The van der Waals surface area contributed by atoms with Gasteiger partial charge in [0.2, 0.25) is 11.8 Å². The third kappa shape index (κ3) is 7.45. The van der Waals surface area contributed by atoms with Crippen LogP contribution < -0.4 is 10.6 Å². The van der Waals surface area contributed by atoms with Crippen LogP contribution in [0.25, 0.3) is 0 Å². The molecule has 1 atom stereocenters. The fraction of sp³-hybridized carbons (Fsp3) is 0.737. The molecule has 2 saturated heterocycles. The topological polar surface area (TPSA) is 125 Å². The molecule has 2 heterocycles. The van der Waals surface area contributed by atoms with Crippen LogP contribution in [0.2, 0.25) is 0 Å². The summed E-state index contributed by atoms with van der Waals surface area (Å²) >= 11 is 0. The summed E-state index contributed by atoms with van der Waals surface area (Å²) in [5.41, 5.74) is 0. The number of nitrogens with zero attached hydrogens (tertiary/aromatic N) is 2. The smallest absolute Gasteiger partial charge is 0.334 e. The van der Waals surface area contributed by atoms with Crippen LogP contribution in [0.15, 0.2) is 0 Å². The summed E-state index contributed by atoms with van der Waals surface area (Å²) in [6, 6.07) is 0.472. The predicted octanol–water partition coefficient (Wildman–Crippen LogP) is -0.129. The van der Waals surface area contributed by atoms with Crippen molar-refractivity contribution in [1.29, 1.82) is 0 Å². The Morgan fingerprint density at radius 2 is 1.69 bits per heavy atom. The maximum absolute atomic E-state index is 12.0. The summed E-state index contributed by atoms with van der Waals surface area (Å²) in [6.45, 7) is 3.67. The zero-order chi connectivity index (χ0) is 21.2. The van der Waals surface area contributed by atoms with Crippen LogP contribution >= 0.6 is 0 Å². The number of likely N-dealkylation sites (tertiary alicyclic amines) is 1. The number of hydroxylamine groups is 2. The van der Waals surface area contributed by atoms with Crippen LogP contribution in [0.1, 0.15) is 58.3 Å². The molecule has 2 aliphatic heterocycles. The van der Waals surface area contributed by atoms with Gasteiger partial charge in [-0.3, -0.25) is 24.1 Å². The van der Waals surface area contributed by atoms with E-state index < -0.39 is 17.8 Å². The van der Waals surface area contributed by atoms with Gasteiger partial charge in [-0.05, 0) is 25.8 Å². The maximum atomic E-state index is 12.0. The molecule has 1 unspecified atom stereocenters. The molecule has 0 bridgehead atoms. The summed E-state index contributed by atoms with van der Waals surface area (Å²) in [5.74, 6) is -2.26. The van der Waals surface area contributed by atoms with Gasteiger partial charge in [0.05, 0.1) is 13.0 Å². The van der Waals surface area contributed by atoms with Crippen molar-refractivity contribution in [3.8, 4) is 0 Å². The average molecular weight is 419 g/mol. The maximum Gasteiger partial charge on any atom is 0.334 e. The lowest BCUT2D eigenvalue weighted by Crippen LogP contribution is -2.41. The van der Waals surface area contributed by atoms with E-state index in [-0.39, 0.29) is 50.6 Å². The Morgan fingerprint density at radius 1 is 1.03 bits per heavy atom. The number of carbonyl (C=O) groups excluding carboxylic acids is 5. The van der Waals surface area contributed by atoms with Crippen molar-refractivity contribution in [3.63, 3.8) is 0 Å². The molecule has 0 aliphatic carbocycles. The van der Waals surface area contributed by atoms with Crippen molar-refractivity contribution in [2.24, 2.45) is 0 Å². The number of amides is 4. The highest BCUT2D eigenvalue weighted by Crippen LogP contribution is 2.20. The molecule has 162 valence electrons. The molecule has 0 aromatic heterocycles. The summed E-state index contributed by atoms with van der Waals surface area (Å²) in [6.07, 6.45) is 4.44. The summed E-state index contributed by atoms with van der Waals surface area (Å²) in [5, 5.41) is 5.76. The van der Waals surface area contributed by atoms with E-state index in [1.54, 1.807) is 0 Å². The van der Waals surface area contributed by atoms with E-state index in [4.69, 9.17) is 4.84 Å². The van der Waals surface area contributed by atoms with Crippen molar-refractivity contribution in [1.82, 2.24) is 20.6 Å². The van der Waals surface area contributed by atoms with Gasteiger partial charge in [-0.25, -0.2) is 4.79 Å². The molecule has 2 rings (SSSR count). The van der Waals surface area contributed by atoms with Gasteiger partial charge in [0.1, 0.15) is 0 Å². The number of rotatable bonds is 11. The van der Waals surface area contributed by atoms with E-state index in [2.05, 4.69) is 22.5 Å². The Morgan fingerprint density at radius 3 is 2.38 bits per heavy atom. The molecule has 0 spiro atoms. The van der Waals surface area contributed by atoms with Crippen LogP contribution in [-0.4, -0.2) is 71.8 Å². The fourth-order valence-corrected chi connectivity index (χ4v) is 3.52. The summed E-state index contributed by atoms with van der Waals surface area (Å²) < 4.78 is 0. The number of carbonyl (C=O) groups is 5. The Kier molecular flexibility index (Phi) is 9.04. The van der Waals surface area contributed by atoms with E-state index in [1.165, 1.54) is 0 Å². The van der Waals surface area contributed by atoms with E-state index in [0.717, 1.165) is 32.2 Å². The molecule has 2 aliphatic rings. The largest absolute Gasteiger partial charge is 0.355 e. The van der Waals surface area contributed by atoms with Crippen molar-refractivity contribution < 1.29 is 28.8 Å². The second-order valence-electron chi connectivity index (χ2n) is 7.30. The van der Waals surface area contributed by atoms with Gasteiger partial charge in [0.25, 0.3) is 11.8 Å². The first-order chi connectivity index (χ1) is 13.9. The van der Waals surface area contributed by atoms with Crippen LogP contribution in [0.5, 0.6) is 0 Å². The van der Waals surface area contributed by atoms with E-state index in [9.17, 15) is 24.0 Å². The van der Waals surface area contributed by atoms with Gasteiger partial charge in [-0.15, -0.1) is 5.06 Å². The first-order valence-corrected chi connectivity index (χ1v) is 10.2. The third-order valence-corrected chi connectivity index (χ3v) is 4.99. The van der Waals surface area contributed by atoms with Gasteiger partial charge in [0, 0.05) is 38.4 Å². The van der Waals surface area contributed by atoms with Crippen LogP contribution in [0.4, 0.5) is 0 Å². The molecular weight excluding hydrogens is 389 g/mol. The molecule has 2 fully saturated rings. The lowest BCUT2D eigenvalue weighted by Gasteiger charge is -2.23. The monoisotopic (exact) mass is 419 g/mol. The molecular formula is C19H30N4O6. The zero-order valence-electron chi connectivity index (χ0n) is 16.9. The highest BCUT2D eigenvalue weighted by molar-refractivity contribution is 6.01. The molecule has 4 amide bonds. The molecule has 2 N–H and O–H groups in total. The minimum Gasteiger partial charge on any atom is -0.355 e. The molecule has 0 saturated carbocycles. The highest BCUT2D eigenvalue weighted by Gasteiger charge is 2.32. The Bertz CT molecular complexity index is 622. The molecule has 0 aromatic carbocycles. The van der Waals surface area contributed by atoms with E-state index >= 15 is 0 Å². The lowest BCUT2D eigenvalue weighted by atomic mass is 10.3. The minimum atomic E-state index is -0.769. The Balaban J connectivity index is 1.54. The minimum absolute atomic E-state index is 0.0221. The zero-order valence-corrected chi connectivity index (χ0v) is 16.9. The second kappa shape index (κ2) is 11.5. The van der Waals surface area contributed by atoms with Gasteiger partial charge in [-0.1, -0.05) is 13.3 Å². The molecule has 0 aromatic rings. The van der Waals surface area contributed by atoms with Gasteiger partial charge >= 0.3 is 5.97 Å². The van der Waals surface area contributed by atoms with Crippen LogP contribution in [0, 0.1) is 0 Å². The van der Waals surface area contributed by atoms with E-state index in [0.29, 0.717) is 17.6 Å². The predicted molar refractivity (Wildman–Crippen MR) is 102 cm³/mol. The van der Waals surface area contributed by atoms with Crippen molar-refractivity contribution >= 4 is 29.6 Å². The van der Waals surface area contributed by atoms with Gasteiger partial charge < -0.3 is 15.5 Å². The summed E-state index contributed by atoms with van der Waals surface area (Å²) in [4.78, 5) is 65.1. The molecule has 29 heavy (non-hydrogen) atoms. The number of hydrogen-bond donors (Lipinski definition) is 2. The third-order valence-electron chi connectivity index (χ3n) is 4.99.